The van der Waals surface area contributed by atoms with Gasteiger partial charge < -0.3 is 10.2 Å². The lowest BCUT2D eigenvalue weighted by molar-refractivity contribution is -0.132. The third-order valence-corrected chi connectivity index (χ3v) is 7.27. The fraction of sp³-hybridized carbons (Fsp3) is 0.423. The number of benzene rings is 2. The van der Waals surface area contributed by atoms with Gasteiger partial charge in [0.2, 0.25) is 11.8 Å². The van der Waals surface area contributed by atoms with E-state index >= 15 is 0 Å². The summed E-state index contributed by atoms with van der Waals surface area (Å²) in [6, 6.07) is 16.5. The van der Waals surface area contributed by atoms with Gasteiger partial charge >= 0.3 is 0 Å². The maximum absolute atomic E-state index is 12.6. The Morgan fingerprint density at radius 1 is 1.19 bits per heavy atom. The van der Waals surface area contributed by atoms with Gasteiger partial charge in [-0.1, -0.05) is 50.2 Å². The Labute approximate surface area is 184 Å². The van der Waals surface area contributed by atoms with Gasteiger partial charge in [-0.15, -0.1) is 0 Å². The number of rotatable bonds is 5. The van der Waals surface area contributed by atoms with Crippen molar-refractivity contribution in [3.8, 4) is 11.1 Å². The second kappa shape index (κ2) is 7.95. The maximum Gasteiger partial charge on any atom is 0.228 e. The molecule has 2 amide bonds. The molecule has 4 rings (SSSR count). The van der Waals surface area contributed by atoms with E-state index in [1.165, 1.54) is 17.4 Å². The molecular formula is C26H31N3O2. The summed E-state index contributed by atoms with van der Waals surface area (Å²) in [6.45, 7) is 5.85. The number of carbonyl (C=O) groups is 2. The Balaban J connectivity index is 1.58. The van der Waals surface area contributed by atoms with E-state index < -0.39 is 0 Å². The van der Waals surface area contributed by atoms with Crippen molar-refractivity contribution >= 4 is 23.3 Å². The Morgan fingerprint density at radius 2 is 1.87 bits per heavy atom. The van der Waals surface area contributed by atoms with E-state index in [0.717, 1.165) is 29.7 Å². The minimum atomic E-state index is -0.165. The van der Waals surface area contributed by atoms with Gasteiger partial charge in [-0.25, -0.2) is 0 Å². The number of piperidine rings is 1. The molecule has 2 aromatic carbocycles. The highest BCUT2D eigenvalue weighted by atomic mass is 16.2. The summed E-state index contributed by atoms with van der Waals surface area (Å²) in [5.41, 5.74) is 4.11. The zero-order valence-electron chi connectivity index (χ0n) is 18.7. The lowest BCUT2D eigenvalue weighted by atomic mass is 9.65. The van der Waals surface area contributed by atoms with Gasteiger partial charge in [-0.05, 0) is 58.9 Å². The number of hydrogen-bond donors (Lipinski definition) is 2. The summed E-state index contributed by atoms with van der Waals surface area (Å²) in [6.07, 6.45) is 2.46. The molecule has 0 radical (unpaired) electrons. The van der Waals surface area contributed by atoms with Crippen LogP contribution < -0.4 is 5.32 Å². The number of nitrogens with zero attached hydrogens (tertiary/aromatic N) is 1. The number of nitrogens with one attached hydrogen (secondary N) is 2. The van der Waals surface area contributed by atoms with Crippen LogP contribution in [0.3, 0.4) is 0 Å². The first kappa shape index (κ1) is 21.3. The lowest BCUT2D eigenvalue weighted by Gasteiger charge is -2.45. The molecule has 1 aliphatic carbocycles. The Hall–Kier alpha value is -2.95. The smallest absolute Gasteiger partial charge is 0.228 e. The predicted molar refractivity (Wildman–Crippen MR) is 124 cm³/mol. The molecule has 2 aliphatic rings. The highest BCUT2D eigenvalue weighted by molar-refractivity contribution is 6.01. The highest BCUT2D eigenvalue weighted by Crippen LogP contribution is 2.62. The molecule has 2 N–H and O–H groups in total. The summed E-state index contributed by atoms with van der Waals surface area (Å²) < 4.78 is 0. The standard InChI is InChI=1S/C26H31N3O2/c1-5-22-25(27)29(4)24(31)15-26(22,3)23-14-21(23)19-10-6-8-17(12-19)18-9-7-11-20(13-18)28-16(2)30/h6-13,21-23,27H,5,14-15H2,1-4H3,(H,28,30). The number of hydrogen-bond acceptors (Lipinski definition) is 3. The van der Waals surface area contributed by atoms with Crippen LogP contribution in [0, 0.1) is 22.7 Å². The minimum Gasteiger partial charge on any atom is -0.326 e. The number of amides is 2. The van der Waals surface area contributed by atoms with Crippen LogP contribution in [0.4, 0.5) is 5.69 Å². The van der Waals surface area contributed by atoms with Crippen LogP contribution in [-0.2, 0) is 9.59 Å². The van der Waals surface area contributed by atoms with Crippen LogP contribution >= 0.6 is 0 Å². The first-order chi connectivity index (χ1) is 14.7. The fourth-order valence-electron chi connectivity index (χ4n) is 5.52. The third kappa shape index (κ3) is 3.89. The second-order valence-corrected chi connectivity index (χ2v) is 9.32. The van der Waals surface area contributed by atoms with E-state index in [9.17, 15) is 9.59 Å². The summed E-state index contributed by atoms with van der Waals surface area (Å²) in [7, 11) is 1.73. The molecule has 2 aromatic rings. The van der Waals surface area contributed by atoms with Crippen molar-refractivity contribution in [1.82, 2.24) is 4.90 Å². The normalized spacial score (nSPS) is 27.9. The largest absolute Gasteiger partial charge is 0.326 e. The Kier molecular flexibility index (Phi) is 5.46. The molecule has 1 saturated heterocycles. The van der Waals surface area contributed by atoms with Gasteiger partial charge in [0.25, 0.3) is 0 Å². The number of carbonyl (C=O) groups excluding carboxylic acids is 2. The van der Waals surface area contributed by atoms with Crippen LogP contribution in [-0.4, -0.2) is 29.6 Å². The van der Waals surface area contributed by atoms with Gasteiger partial charge in [0.05, 0.1) is 0 Å². The Bertz CT molecular complexity index is 1050. The van der Waals surface area contributed by atoms with Crippen molar-refractivity contribution in [2.75, 3.05) is 12.4 Å². The number of amidine groups is 1. The van der Waals surface area contributed by atoms with Crippen molar-refractivity contribution < 1.29 is 9.59 Å². The Morgan fingerprint density at radius 3 is 2.55 bits per heavy atom. The highest BCUT2D eigenvalue weighted by Gasteiger charge is 2.57. The predicted octanol–water partition coefficient (Wildman–Crippen LogP) is 5.29. The van der Waals surface area contributed by atoms with Gasteiger partial charge in [0, 0.05) is 32.0 Å². The molecule has 0 spiro atoms. The van der Waals surface area contributed by atoms with Crippen LogP contribution in [0.1, 0.15) is 51.5 Å². The van der Waals surface area contributed by atoms with Crippen LogP contribution in [0.2, 0.25) is 0 Å². The van der Waals surface area contributed by atoms with E-state index in [4.69, 9.17) is 5.41 Å². The third-order valence-electron chi connectivity index (χ3n) is 7.27. The molecule has 0 aromatic heterocycles. The average molecular weight is 418 g/mol. The van der Waals surface area contributed by atoms with E-state index in [1.54, 1.807) is 7.05 Å². The summed E-state index contributed by atoms with van der Waals surface area (Å²) in [5.74, 6) is 1.39. The average Bonchev–Trinajstić information content (AvgIpc) is 3.54. The fourth-order valence-corrected chi connectivity index (χ4v) is 5.52. The molecule has 4 unspecified atom stereocenters. The molecule has 31 heavy (non-hydrogen) atoms. The molecule has 0 bridgehead atoms. The molecule has 1 heterocycles. The van der Waals surface area contributed by atoms with Crippen molar-refractivity contribution in [3.05, 3.63) is 54.1 Å². The number of likely N-dealkylation sites (tertiary alicyclic amines) is 1. The molecule has 5 nitrogen and oxygen atoms in total. The van der Waals surface area contributed by atoms with E-state index in [2.05, 4.69) is 49.5 Å². The molecule has 1 aliphatic heterocycles. The molecular weight excluding hydrogens is 386 g/mol. The SMILES string of the molecule is CCC1C(=N)N(C)C(=O)CC1(C)C1CC1c1cccc(-c2cccc(NC(C)=O)c2)c1. The summed E-state index contributed by atoms with van der Waals surface area (Å²) >= 11 is 0. The summed E-state index contributed by atoms with van der Waals surface area (Å²) in [4.78, 5) is 25.5. The molecule has 2 fully saturated rings. The molecule has 5 heteroatoms. The molecule has 4 atom stereocenters. The van der Waals surface area contributed by atoms with Crippen molar-refractivity contribution in [1.29, 1.82) is 5.41 Å². The first-order valence-electron chi connectivity index (χ1n) is 11.1. The maximum atomic E-state index is 12.6. The van der Waals surface area contributed by atoms with Crippen molar-refractivity contribution in [2.24, 2.45) is 17.3 Å². The molecule has 162 valence electrons. The minimum absolute atomic E-state index is 0.0615. The zero-order chi connectivity index (χ0) is 22.3. The van der Waals surface area contributed by atoms with Crippen molar-refractivity contribution in [2.45, 2.75) is 46.0 Å². The van der Waals surface area contributed by atoms with Crippen LogP contribution in [0.15, 0.2) is 48.5 Å². The second-order valence-electron chi connectivity index (χ2n) is 9.32. The van der Waals surface area contributed by atoms with Gasteiger partial charge in [-0.2, -0.15) is 0 Å². The first-order valence-corrected chi connectivity index (χ1v) is 11.1. The summed E-state index contributed by atoms with van der Waals surface area (Å²) in [5, 5.41) is 11.4. The van der Waals surface area contributed by atoms with Crippen LogP contribution in [0.25, 0.3) is 11.1 Å². The molecule has 1 saturated carbocycles. The number of anilines is 1. The monoisotopic (exact) mass is 417 g/mol. The van der Waals surface area contributed by atoms with E-state index in [0.29, 0.717) is 24.1 Å². The van der Waals surface area contributed by atoms with Gasteiger partial charge in [-0.3, -0.25) is 15.0 Å². The van der Waals surface area contributed by atoms with E-state index in [-0.39, 0.29) is 23.1 Å². The topological polar surface area (TPSA) is 73.3 Å². The van der Waals surface area contributed by atoms with Gasteiger partial charge in [0.15, 0.2) is 0 Å². The van der Waals surface area contributed by atoms with E-state index in [1.807, 2.05) is 18.2 Å². The van der Waals surface area contributed by atoms with Crippen molar-refractivity contribution in [3.63, 3.8) is 0 Å². The lowest BCUT2D eigenvalue weighted by Crippen LogP contribution is -2.52. The van der Waals surface area contributed by atoms with Crippen LogP contribution in [0.5, 0.6) is 0 Å². The van der Waals surface area contributed by atoms with Gasteiger partial charge in [0.1, 0.15) is 5.84 Å². The quantitative estimate of drug-likeness (QED) is 0.694. The zero-order valence-corrected chi connectivity index (χ0v) is 18.7.